The molecule has 2 N–H and O–H groups in total. The number of nitrogen functional groups attached to an aromatic ring is 1. The molecule has 6 nitrogen and oxygen atoms in total. The second kappa shape index (κ2) is 4.34. The van der Waals surface area contributed by atoms with Gasteiger partial charge >= 0.3 is 6.01 Å². The number of anilines is 1. The van der Waals surface area contributed by atoms with Gasteiger partial charge in [-0.3, -0.25) is 0 Å². The molecule has 0 saturated carbocycles. The standard InChI is InChI=1S/C9H8ClN3O3S/c10-6-1-3-7(4-2-6)17(14,15)5-8-12-13-9(11)16-8/h1-4H,5H2,(H2,11,13). The summed E-state index contributed by atoms with van der Waals surface area (Å²) in [5, 5.41) is 7.35. The summed E-state index contributed by atoms with van der Waals surface area (Å²) in [5.74, 6) is -0.434. The van der Waals surface area contributed by atoms with Gasteiger partial charge in [0.05, 0.1) is 4.90 Å². The minimum Gasteiger partial charge on any atom is -0.407 e. The van der Waals surface area contributed by atoms with Crippen LogP contribution < -0.4 is 5.73 Å². The predicted molar refractivity (Wildman–Crippen MR) is 61.1 cm³/mol. The molecule has 0 saturated heterocycles. The zero-order valence-electron chi connectivity index (χ0n) is 8.50. The van der Waals surface area contributed by atoms with E-state index in [1.54, 1.807) is 0 Å². The van der Waals surface area contributed by atoms with Crippen LogP contribution in [0.15, 0.2) is 33.6 Å². The molecule has 1 aromatic heterocycles. The molecule has 1 aromatic carbocycles. The maximum Gasteiger partial charge on any atom is 0.312 e. The van der Waals surface area contributed by atoms with Gasteiger partial charge in [-0.2, -0.15) is 0 Å². The molecule has 1 heterocycles. The highest BCUT2D eigenvalue weighted by molar-refractivity contribution is 7.90. The SMILES string of the molecule is Nc1nnc(CS(=O)(=O)c2ccc(Cl)cc2)o1. The van der Waals surface area contributed by atoms with Crippen molar-refractivity contribution in [1.82, 2.24) is 10.2 Å². The number of rotatable bonds is 3. The van der Waals surface area contributed by atoms with Gasteiger partial charge in [0.25, 0.3) is 0 Å². The van der Waals surface area contributed by atoms with Crippen LogP contribution in [0.3, 0.4) is 0 Å². The third-order valence-electron chi connectivity index (χ3n) is 1.97. The summed E-state index contributed by atoms with van der Waals surface area (Å²) >= 11 is 5.67. The molecule has 2 rings (SSSR count). The first-order valence-electron chi connectivity index (χ1n) is 4.53. The Balaban J connectivity index is 2.28. The molecule has 0 fully saturated rings. The van der Waals surface area contributed by atoms with E-state index in [1.165, 1.54) is 24.3 Å². The zero-order chi connectivity index (χ0) is 12.5. The smallest absolute Gasteiger partial charge is 0.312 e. The molecule has 0 aliphatic heterocycles. The Hall–Kier alpha value is -1.60. The van der Waals surface area contributed by atoms with E-state index < -0.39 is 15.6 Å². The summed E-state index contributed by atoms with van der Waals surface area (Å²) in [7, 11) is -3.53. The van der Waals surface area contributed by atoms with Gasteiger partial charge in [-0.1, -0.05) is 16.7 Å². The second-order valence-corrected chi connectivity index (χ2v) is 5.67. The normalized spacial score (nSPS) is 11.6. The topological polar surface area (TPSA) is 99.1 Å². The van der Waals surface area contributed by atoms with Crippen molar-refractivity contribution in [2.45, 2.75) is 10.6 Å². The average Bonchev–Trinajstić information content (AvgIpc) is 2.63. The van der Waals surface area contributed by atoms with Gasteiger partial charge in [0, 0.05) is 5.02 Å². The highest BCUT2D eigenvalue weighted by atomic mass is 35.5. The lowest BCUT2D eigenvalue weighted by Gasteiger charge is -2.01. The number of sulfone groups is 1. The molecular weight excluding hydrogens is 266 g/mol. The Morgan fingerprint density at radius 2 is 1.88 bits per heavy atom. The fraction of sp³-hybridized carbons (Fsp3) is 0.111. The van der Waals surface area contributed by atoms with Crippen molar-refractivity contribution in [3.05, 3.63) is 35.2 Å². The van der Waals surface area contributed by atoms with Crippen molar-refractivity contribution in [3.63, 3.8) is 0 Å². The van der Waals surface area contributed by atoms with Crippen molar-refractivity contribution in [2.24, 2.45) is 0 Å². The number of hydrogen-bond donors (Lipinski definition) is 1. The van der Waals surface area contributed by atoms with Gasteiger partial charge in [0.2, 0.25) is 5.89 Å². The first kappa shape index (κ1) is 11.9. The van der Waals surface area contributed by atoms with Gasteiger partial charge < -0.3 is 10.2 Å². The predicted octanol–water partition coefficient (Wildman–Crippen LogP) is 1.28. The minimum atomic E-state index is -3.53. The molecular formula is C9H8ClN3O3S. The van der Waals surface area contributed by atoms with E-state index in [0.717, 1.165) is 0 Å². The van der Waals surface area contributed by atoms with E-state index in [9.17, 15) is 8.42 Å². The number of benzene rings is 1. The van der Waals surface area contributed by atoms with Crippen LogP contribution >= 0.6 is 11.6 Å². The lowest BCUT2D eigenvalue weighted by Crippen LogP contribution is -2.05. The Bertz CT molecular complexity index is 621. The third-order valence-corrected chi connectivity index (χ3v) is 3.84. The van der Waals surface area contributed by atoms with Gasteiger partial charge in [0.1, 0.15) is 5.75 Å². The number of nitrogens with two attached hydrogens (primary N) is 1. The molecule has 0 amide bonds. The Labute approximate surface area is 102 Å². The van der Waals surface area contributed by atoms with Crippen LogP contribution in [0.4, 0.5) is 6.01 Å². The number of halogens is 1. The maximum absolute atomic E-state index is 11.9. The van der Waals surface area contributed by atoms with Crippen molar-refractivity contribution in [3.8, 4) is 0 Å². The molecule has 8 heteroatoms. The highest BCUT2D eigenvalue weighted by Gasteiger charge is 2.19. The maximum atomic E-state index is 11.9. The lowest BCUT2D eigenvalue weighted by atomic mass is 10.4. The number of hydrogen-bond acceptors (Lipinski definition) is 6. The van der Waals surface area contributed by atoms with Crippen LogP contribution in [0, 0.1) is 0 Å². The Morgan fingerprint density at radius 3 is 2.41 bits per heavy atom. The molecule has 90 valence electrons. The van der Waals surface area contributed by atoms with Crippen molar-refractivity contribution < 1.29 is 12.8 Å². The largest absolute Gasteiger partial charge is 0.407 e. The summed E-state index contributed by atoms with van der Waals surface area (Å²) in [6.07, 6.45) is 0. The molecule has 2 aromatic rings. The van der Waals surface area contributed by atoms with E-state index in [4.69, 9.17) is 21.8 Å². The van der Waals surface area contributed by atoms with E-state index in [-0.39, 0.29) is 16.8 Å². The summed E-state index contributed by atoms with van der Waals surface area (Å²) in [4.78, 5) is 0.138. The van der Waals surface area contributed by atoms with E-state index >= 15 is 0 Å². The van der Waals surface area contributed by atoms with Crippen LogP contribution in [0.5, 0.6) is 0 Å². The molecule has 0 unspecified atom stereocenters. The molecule has 17 heavy (non-hydrogen) atoms. The van der Waals surface area contributed by atoms with Crippen LogP contribution in [0.2, 0.25) is 5.02 Å². The fourth-order valence-electron chi connectivity index (χ4n) is 1.21. The van der Waals surface area contributed by atoms with Crippen molar-refractivity contribution in [1.29, 1.82) is 0 Å². The first-order valence-corrected chi connectivity index (χ1v) is 6.56. The molecule has 0 aliphatic carbocycles. The second-order valence-electron chi connectivity index (χ2n) is 3.25. The monoisotopic (exact) mass is 273 g/mol. The quantitative estimate of drug-likeness (QED) is 0.904. The van der Waals surface area contributed by atoms with Gasteiger partial charge in [-0.15, -0.1) is 5.10 Å². The Morgan fingerprint density at radius 1 is 1.24 bits per heavy atom. The fourth-order valence-corrected chi connectivity index (χ4v) is 2.50. The Kier molecular flexibility index (Phi) is 3.03. The van der Waals surface area contributed by atoms with Crippen molar-refractivity contribution >= 4 is 27.5 Å². The minimum absolute atomic E-state index is 0.0440. The molecule has 0 aliphatic rings. The summed E-state index contributed by atoms with van der Waals surface area (Å²) in [5.41, 5.74) is 5.20. The third kappa shape index (κ3) is 2.75. The summed E-state index contributed by atoms with van der Waals surface area (Å²) in [6, 6.07) is 5.66. The first-order chi connectivity index (χ1) is 7.97. The van der Waals surface area contributed by atoms with Gasteiger partial charge in [-0.25, -0.2) is 8.42 Å². The molecule has 0 radical (unpaired) electrons. The van der Waals surface area contributed by atoms with Crippen LogP contribution in [-0.2, 0) is 15.6 Å². The van der Waals surface area contributed by atoms with Gasteiger partial charge in [-0.05, 0) is 24.3 Å². The van der Waals surface area contributed by atoms with Crippen molar-refractivity contribution in [2.75, 3.05) is 5.73 Å². The van der Waals surface area contributed by atoms with Crippen LogP contribution in [0.1, 0.15) is 5.89 Å². The summed E-state index contributed by atoms with van der Waals surface area (Å²) in [6.45, 7) is 0. The highest BCUT2D eigenvalue weighted by Crippen LogP contribution is 2.18. The van der Waals surface area contributed by atoms with Crippen LogP contribution in [0.25, 0.3) is 0 Å². The van der Waals surface area contributed by atoms with E-state index in [2.05, 4.69) is 10.2 Å². The molecule has 0 atom stereocenters. The zero-order valence-corrected chi connectivity index (χ0v) is 10.1. The molecule has 0 spiro atoms. The average molecular weight is 274 g/mol. The van der Waals surface area contributed by atoms with Crippen LogP contribution in [-0.4, -0.2) is 18.6 Å². The number of aromatic nitrogens is 2. The lowest BCUT2D eigenvalue weighted by molar-refractivity contribution is 0.522. The summed E-state index contributed by atoms with van der Waals surface area (Å²) < 4.78 is 28.6. The van der Waals surface area contributed by atoms with E-state index in [0.29, 0.717) is 5.02 Å². The molecule has 0 bridgehead atoms. The van der Waals surface area contributed by atoms with Gasteiger partial charge in [0.15, 0.2) is 9.84 Å². The number of nitrogens with zero attached hydrogens (tertiary/aromatic N) is 2. The van der Waals surface area contributed by atoms with E-state index in [1.807, 2.05) is 0 Å².